The highest BCUT2D eigenvalue weighted by atomic mass is 127. The highest BCUT2D eigenvalue weighted by Crippen LogP contribution is 2.19. The highest BCUT2D eigenvalue weighted by Gasteiger charge is 2.08. The Labute approximate surface area is 183 Å². The minimum atomic E-state index is 0. The molecule has 6 heteroatoms. The van der Waals surface area contributed by atoms with E-state index in [1.807, 2.05) is 13.1 Å². The molecule has 5 nitrogen and oxygen atoms in total. The summed E-state index contributed by atoms with van der Waals surface area (Å²) < 4.78 is 5.45. The Morgan fingerprint density at radius 2 is 1.96 bits per heavy atom. The predicted molar refractivity (Wildman–Crippen MR) is 128 cm³/mol. The summed E-state index contributed by atoms with van der Waals surface area (Å²) in [6.45, 7) is 13.0. The monoisotopic (exact) mass is 490 g/mol. The molecule has 0 radical (unpaired) electrons. The van der Waals surface area contributed by atoms with E-state index in [1.54, 1.807) is 7.11 Å². The molecule has 1 atom stereocenters. The molecular formula is C21H39IN4O. The maximum absolute atomic E-state index is 5.45. The van der Waals surface area contributed by atoms with Crippen LogP contribution in [0.2, 0.25) is 0 Å². The van der Waals surface area contributed by atoms with Crippen molar-refractivity contribution in [2.75, 3.05) is 40.3 Å². The summed E-state index contributed by atoms with van der Waals surface area (Å²) in [6.07, 6.45) is 3.25. The van der Waals surface area contributed by atoms with Crippen LogP contribution in [0.4, 0.5) is 0 Å². The van der Waals surface area contributed by atoms with Crippen LogP contribution in [0, 0.1) is 6.92 Å². The van der Waals surface area contributed by atoms with Crippen LogP contribution in [-0.2, 0) is 6.42 Å². The molecule has 0 spiro atoms. The van der Waals surface area contributed by atoms with Crippen LogP contribution in [0.1, 0.15) is 44.7 Å². The molecule has 1 unspecified atom stereocenters. The smallest absolute Gasteiger partial charge is 0.191 e. The van der Waals surface area contributed by atoms with E-state index in [0.717, 1.165) is 50.7 Å². The van der Waals surface area contributed by atoms with Crippen LogP contribution < -0.4 is 15.4 Å². The zero-order chi connectivity index (χ0) is 19.4. The Morgan fingerprint density at radius 1 is 1.26 bits per heavy atom. The topological polar surface area (TPSA) is 48.9 Å². The molecule has 2 N–H and O–H groups in total. The van der Waals surface area contributed by atoms with Crippen LogP contribution in [0.5, 0.6) is 5.75 Å². The van der Waals surface area contributed by atoms with Gasteiger partial charge in [0.25, 0.3) is 0 Å². The molecular weight excluding hydrogens is 451 g/mol. The van der Waals surface area contributed by atoms with Gasteiger partial charge in [-0.3, -0.25) is 4.99 Å². The molecule has 27 heavy (non-hydrogen) atoms. The second-order valence-corrected chi connectivity index (χ2v) is 6.78. The molecule has 0 saturated heterocycles. The zero-order valence-corrected chi connectivity index (χ0v) is 20.3. The normalized spacial score (nSPS) is 12.5. The van der Waals surface area contributed by atoms with Crippen molar-refractivity contribution in [3.8, 4) is 5.75 Å². The first-order valence-electron chi connectivity index (χ1n) is 9.87. The molecule has 0 heterocycles. The molecule has 156 valence electrons. The Kier molecular flexibility index (Phi) is 14.4. The summed E-state index contributed by atoms with van der Waals surface area (Å²) in [7, 11) is 3.55. The first-order chi connectivity index (χ1) is 12.5. The minimum Gasteiger partial charge on any atom is -0.496 e. The lowest BCUT2D eigenvalue weighted by Crippen LogP contribution is -2.43. The summed E-state index contributed by atoms with van der Waals surface area (Å²) in [5, 5.41) is 6.91. The molecule has 0 aliphatic carbocycles. The van der Waals surface area contributed by atoms with Crippen LogP contribution in [-0.4, -0.2) is 57.2 Å². The van der Waals surface area contributed by atoms with E-state index < -0.39 is 0 Å². The molecule has 0 bridgehead atoms. The summed E-state index contributed by atoms with van der Waals surface area (Å²) in [5.74, 6) is 1.82. The average molecular weight is 490 g/mol. The summed E-state index contributed by atoms with van der Waals surface area (Å²) in [6, 6.07) is 6.71. The lowest BCUT2D eigenvalue weighted by molar-refractivity contribution is 0.292. The van der Waals surface area contributed by atoms with E-state index in [0.29, 0.717) is 6.04 Å². The Bertz CT molecular complexity index is 547. The van der Waals surface area contributed by atoms with E-state index in [9.17, 15) is 0 Å². The van der Waals surface area contributed by atoms with Gasteiger partial charge in [-0.15, -0.1) is 24.0 Å². The minimum absolute atomic E-state index is 0. The summed E-state index contributed by atoms with van der Waals surface area (Å²) in [5.41, 5.74) is 2.48. The maximum Gasteiger partial charge on any atom is 0.191 e. The number of hydrogen-bond donors (Lipinski definition) is 2. The average Bonchev–Trinajstić information content (AvgIpc) is 2.64. The Hall–Kier alpha value is -1.02. The highest BCUT2D eigenvalue weighted by molar-refractivity contribution is 14.0. The Balaban J connectivity index is 0.00000676. The van der Waals surface area contributed by atoms with E-state index in [2.05, 4.69) is 60.4 Å². The fourth-order valence-corrected chi connectivity index (χ4v) is 3.08. The standard InChI is InChI=1S/C21H38N4O.HI/c1-7-25(8-2)15-9-10-18(4)24-21(22-5)23-14-13-19-16-17(3)11-12-20(19)26-6;/h11-12,16,18H,7-10,13-15H2,1-6H3,(H2,22,23,24);1H. The second kappa shape index (κ2) is 15.0. The fraction of sp³-hybridized carbons (Fsp3) is 0.667. The number of benzene rings is 1. The quantitative estimate of drug-likeness (QED) is 0.281. The zero-order valence-electron chi connectivity index (χ0n) is 18.0. The van der Waals surface area contributed by atoms with Gasteiger partial charge in [0.1, 0.15) is 5.75 Å². The number of halogens is 1. The van der Waals surface area contributed by atoms with Crippen molar-refractivity contribution in [1.82, 2.24) is 15.5 Å². The van der Waals surface area contributed by atoms with Crippen molar-refractivity contribution < 1.29 is 4.74 Å². The SMILES string of the molecule is CCN(CC)CCCC(C)NC(=NC)NCCc1cc(C)ccc1OC.I. The lowest BCUT2D eigenvalue weighted by atomic mass is 10.1. The molecule has 0 saturated carbocycles. The number of nitrogens with one attached hydrogen (secondary N) is 2. The molecule has 1 aromatic carbocycles. The van der Waals surface area contributed by atoms with Gasteiger partial charge >= 0.3 is 0 Å². The van der Waals surface area contributed by atoms with Gasteiger partial charge in [0.15, 0.2) is 5.96 Å². The van der Waals surface area contributed by atoms with Crippen molar-refractivity contribution >= 4 is 29.9 Å². The molecule has 0 aliphatic heterocycles. The number of nitrogens with zero attached hydrogens (tertiary/aromatic N) is 2. The third kappa shape index (κ3) is 10.2. The van der Waals surface area contributed by atoms with Crippen molar-refractivity contribution in [3.63, 3.8) is 0 Å². The van der Waals surface area contributed by atoms with Crippen molar-refractivity contribution in [1.29, 1.82) is 0 Å². The van der Waals surface area contributed by atoms with E-state index >= 15 is 0 Å². The van der Waals surface area contributed by atoms with Gasteiger partial charge < -0.3 is 20.3 Å². The van der Waals surface area contributed by atoms with Crippen molar-refractivity contribution in [2.45, 2.75) is 53.0 Å². The lowest BCUT2D eigenvalue weighted by Gasteiger charge is -2.21. The number of guanidine groups is 1. The first-order valence-corrected chi connectivity index (χ1v) is 9.87. The van der Waals surface area contributed by atoms with Crippen molar-refractivity contribution in [2.24, 2.45) is 4.99 Å². The van der Waals surface area contributed by atoms with Gasteiger partial charge in [0.05, 0.1) is 7.11 Å². The second-order valence-electron chi connectivity index (χ2n) is 6.78. The number of rotatable bonds is 11. The number of ether oxygens (including phenoxy) is 1. The van der Waals surface area contributed by atoms with Gasteiger partial charge in [-0.2, -0.15) is 0 Å². The third-order valence-corrected chi connectivity index (χ3v) is 4.74. The first kappa shape index (κ1) is 26.0. The van der Waals surface area contributed by atoms with Gasteiger partial charge in [-0.1, -0.05) is 31.5 Å². The van der Waals surface area contributed by atoms with Crippen LogP contribution in [0.15, 0.2) is 23.2 Å². The molecule has 1 aromatic rings. The summed E-state index contributed by atoms with van der Waals surface area (Å²) >= 11 is 0. The molecule has 0 fully saturated rings. The van der Waals surface area contributed by atoms with Gasteiger partial charge in [0.2, 0.25) is 0 Å². The number of methoxy groups -OCH3 is 1. The molecule has 0 aromatic heterocycles. The number of aryl methyl sites for hydroxylation is 1. The van der Waals surface area contributed by atoms with E-state index in [-0.39, 0.29) is 24.0 Å². The largest absolute Gasteiger partial charge is 0.496 e. The van der Waals surface area contributed by atoms with E-state index in [1.165, 1.54) is 17.5 Å². The van der Waals surface area contributed by atoms with Crippen LogP contribution in [0.3, 0.4) is 0 Å². The van der Waals surface area contributed by atoms with Gasteiger partial charge in [-0.25, -0.2) is 0 Å². The van der Waals surface area contributed by atoms with E-state index in [4.69, 9.17) is 4.74 Å². The van der Waals surface area contributed by atoms with Crippen LogP contribution in [0.25, 0.3) is 0 Å². The molecule has 0 amide bonds. The third-order valence-electron chi connectivity index (χ3n) is 4.74. The number of aliphatic imine (C=N–C) groups is 1. The summed E-state index contributed by atoms with van der Waals surface area (Å²) in [4.78, 5) is 6.81. The van der Waals surface area contributed by atoms with Crippen LogP contribution >= 0.6 is 24.0 Å². The van der Waals surface area contributed by atoms with Crippen molar-refractivity contribution in [3.05, 3.63) is 29.3 Å². The van der Waals surface area contributed by atoms with Gasteiger partial charge in [0, 0.05) is 19.6 Å². The van der Waals surface area contributed by atoms with Gasteiger partial charge in [-0.05, 0) is 64.4 Å². The maximum atomic E-state index is 5.45. The molecule has 0 aliphatic rings. The molecule has 1 rings (SSSR count). The Morgan fingerprint density at radius 3 is 2.56 bits per heavy atom. The number of hydrogen-bond acceptors (Lipinski definition) is 3. The fourth-order valence-electron chi connectivity index (χ4n) is 3.08. The predicted octanol–water partition coefficient (Wildman–Crippen LogP) is 3.84.